The molecular weight excluding hydrogens is 288 g/mol. The zero-order valence-electron chi connectivity index (χ0n) is 13.0. The molecule has 0 heterocycles. The van der Waals surface area contributed by atoms with Gasteiger partial charge in [-0.2, -0.15) is 0 Å². The standard InChI is InChI=1S/C15H20N2O5/c1-9(12(16)18)21-13(19)10-6-5-7-11(8-10)17-14(20)22-15(2,3)4/h5-9H,1-4H3,(H2,16,18)(H,17,20)/t9-/m1/s1. The number of carbonyl (C=O) groups is 3. The molecule has 0 aromatic heterocycles. The van der Waals surface area contributed by atoms with Crippen LogP contribution in [0.25, 0.3) is 0 Å². The monoisotopic (exact) mass is 308 g/mol. The van der Waals surface area contributed by atoms with Crippen LogP contribution in [-0.4, -0.2) is 29.7 Å². The fourth-order valence-electron chi connectivity index (χ4n) is 1.43. The molecule has 0 saturated carbocycles. The number of nitrogens with two attached hydrogens (primary N) is 1. The number of nitrogens with one attached hydrogen (secondary N) is 1. The van der Waals surface area contributed by atoms with Gasteiger partial charge in [0, 0.05) is 5.69 Å². The van der Waals surface area contributed by atoms with Crippen molar-refractivity contribution in [3.05, 3.63) is 29.8 Å². The van der Waals surface area contributed by atoms with E-state index in [0.29, 0.717) is 5.69 Å². The molecular formula is C15H20N2O5. The van der Waals surface area contributed by atoms with E-state index in [4.69, 9.17) is 15.2 Å². The van der Waals surface area contributed by atoms with Crippen LogP contribution in [0, 0.1) is 0 Å². The minimum Gasteiger partial charge on any atom is -0.449 e. The molecule has 0 fully saturated rings. The Kier molecular flexibility index (Phi) is 5.50. The fraction of sp³-hybridized carbons (Fsp3) is 0.400. The van der Waals surface area contributed by atoms with Crippen LogP contribution in [0.3, 0.4) is 0 Å². The molecule has 0 unspecified atom stereocenters. The summed E-state index contributed by atoms with van der Waals surface area (Å²) in [6.45, 7) is 6.60. The first-order valence-corrected chi connectivity index (χ1v) is 6.69. The summed E-state index contributed by atoms with van der Waals surface area (Å²) in [6, 6.07) is 6.08. The molecule has 1 aromatic carbocycles. The predicted molar refractivity (Wildman–Crippen MR) is 80.4 cm³/mol. The van der Waals surface area contributed by atoms with Crippen LogP contribution in [-0.2, 0) is 14.3 Å². The highest BCUT2D eigenvalue weighted by atomic mass is 16.6. The van der Waals surface area contributed by atoms with E-state index in [1.807, 2.05) is 0 Å². The van der Waals surface area contributed by atoms with Gasteiger partial charge < -0.3 is 15.2 Å². The molecule has 0 bridgehead atoms. The summed E-state index contributed by atoms with van der Waals surface area (Å²) < 4.78 is 9.99. The summed E-state index contributed by atoms with van der Waals surface area (Å²) in [4.78, 5) is 34.4. The van der Waals surface area contributed by atoms with E-state index in [1.165, 1.54) is 19.1 Å². The molecule has 7 heteroatoms. The van der Waals surface area contributed by atoms with Crippen LogP contribution in [0.4, 0.5) is 10.5 Å². The van der Waals surface area contributed by atoms with Gasteiger partial charge in [0.1, 0.15) is 5.60 Å². The first-order chi connectivity index (χ1) is 10.1. The van der Waals surface area contributed by atoms with Crippen LogP contribution >= 0.6 is 0 Å². The number of carbonyl (C=O) groups excluding carboxylic acids is 3. The predicted octanol–water partition coefficient (Wildman–Crippen LogP) is 2.06. The van der Waals surface area contributed by atoms with Crippen molar-refractivity contribution >= 4 is 23.7 Å². The van der Waals surface area contributed by atoms with Gasteiger partial charge in [0.25, 0.3) is 5.91 Å². The molecule has 3 N–H and O–H groups in total. The van der Waals surface area contributed by atoms with E-state index in [0.717, 1.165) is 0 Å². The minimum absolute atomic E-state index is 0.182. The van der Waals surface area contributed by atoms with E-state index >= 15 is 0 Å². The molecule has 1 atom stereocenters. The second-order valence-corrected chi connectivity index (χ2v) is 5.66. The molecule has 0 aliphatic heterocycles. The van der Waals surface area contributed by atoms with Gasteiger partial charge in [-0.3, -0.25) is 10.1 Å². The third kappa shape index (κ3) is 5.82. The molecule has 22 heavy (non-hydrogen) atoms. The zero-order valence-corrected chi connectivity index (χ0v) is 13.0. The topological polar surface area (TPSA) is 108 Å². The Balaban J connectivity index is 2.76. The number of ether oxygens (including phenoxy) is 2. The van der Waals surface area contributed by atoms with Gasteiger partial charge in [0.15, 0.2) is 6.10 Å². The van der Waals surface area contributed by atoms with E-state index in [2.05, 4.69) is 5.32 Å². The van der Waals surface area contributed by atoms with Crippen molar-refractivity contribution in [3.63, 3.8) is 0 Å². The lowest BCUT2D eigenvalue weighted by Crippen LogP contribution is -2.30. The Labute approximate surface area is 128 Å². The number of primary amides is 1. The summed E-state index contributed by atoms with van der Waals surface area (Å²) in [5.41, 5.74) is 4.95. The Morgan fingerprint density at radius 2 is 1.86 bits per heavy atom. The van der Waals surface area contributed by atoms with Gasteiger partial charge >= 0.3 is 12.1 Å². The van der Waals surface area contributed by atoms with Crippen LogP contribution in [0.5, 0.6) is 0 Å². The number of hydrogen-bond acceptors (Lipinski definition) is 5. The highest BCUT2D eigenvalue weighted by Crippen LogP contribution is 2.14. The summed E-state index contributed by atoms with van der Waals surface area (Å²) >= 11 is 0. The number of amides is 2. The highest BCUT2D eigenvalue weighted by Gasteiger charge is 2.18. The smallest absolute Gasteiger partial charge is 0.412 e. The Morgan fingerprint density at radius 3 is 2.41 bits per heavy atom. The van der Waals surface area contributed by atoms with Gasteiger partial charge in [0.05, 0.1) is 5.56 Å². The average Bonchev–Trinajstić information content (AvgIpc) is 2.36. The van der Waals surface area contributed by atoms with Crippen molar-refractivity contribution in [1.82, 2.24) is 0 Å². The zero-order chi connectivity index (χ0) is 16.9. The van der Waals surface area contributed by atoms with Crippen molar-refractivity contribution < 1.29 is 23.9 Å². The molecule has 0 radical (unpaired) electrons. The second kappa shape index (κ2) is 6.93. The Bertz CT molecular complexity index is 578. The molecule has 1 aromatic rings. The average molecular weight is 308 g/mol. The van der Waals surface area contributed by atoms with Crippen molar-refractivity contribution in [2.24, 2.45) is 5.73 Å². The quantitative estimate of drug-likeness (QED) is 0.828. The Morgan fingerprint density at radius 1 is 1.23 bits per heavy atom. The number of anilines is 1. The maximum atomic E-state index is 11.9. The van der Waals surface area contributed by atoms with Crippen LogP contribution in [0.15, 0.2) is 24.3 Å². The fourth-order valence-corrected chi connectivity index (χ4v) is 1.43. The SMILES string of the molecule is C[C@@H](OC(=O)c1cccc(NC(=O)OC(C)(C)C)c1)C(N)=O. The first kappa shape index (κ1) is 17.5. The van der Waals surface area contributed by atoms with E-state index in [1.54, 1.807) is 32.9 Å². The summed E-state index contributed by atoms with van der Waals surface area (Å²) in [5, 5.41) is 2.51. The van der Waals surface area contributed by atoms with Gasteiger partial charge in [-0.15, -0.1) is 0 Å². The molecule has 0 aliphatic rings. The maximum absolute atomic E-state index is 11.9. The molecule has 2 amide bonds. The first-order valence-electron chi connectivity index (χ1n) is 6.69. The van der Waals surface area contributed by atoms with E-state index in [-0.39, 0.29) is 5.56 Å². The van der Waals surface area contributed by atoms with E-state index < -0.39 is 29.7 Å². The largest absolute Gasteiger partial charge is 0.449 e. The third-order valence-corrected chi connectivity index (χ3v) is 2.43. The number of esters is 1. The van der Waals surface area contributed by atoms with Crippen molar-refractivity contribution in [2.45, 2.75) is 39.4 Å². The number of hydrogen-bond donors (Lipinski definition) is 2. The molecule has 0 aliphatic carbocycles. The van der Waals surface area contributed by atoms with Crippen molar-refractivity contribution in [3.8, 4) is 0 Å². The normalized spacial score (nSPS) is 12.2. The van der Waals surface area contributed by atoms with E-state index in [9.17, 15) is 14.4 Å². The lowest BCUT2D eigenvalue weighted by atomic mass is 10.2. The lowest BCUT2D eigenvalue weighted by Gasteiger charge is -2.19. The number of rotatable bonds is 4. The molecule has 0 saturated heterocycles. The lowest BCUT2D eigenvalue weighted by molar-refractivity contribution is -0.125. The van der Waals surface area contributed by atoms with Crippen molar-refractivity contribution in [1.29, 1.82) is 0 Å². The summed E-state index contributed by atoms with van der Waals surface area (Å²) in [7, 11) is 0. The van der Waals surface area contributed by atoms with Gasteiger partial charge in [0.2, 0.25) is 0 Å². The van der Waals surface area contributed by atoms with Gasteiger partial charge in [-0.25, -0.2) is 9.59 Å². The molecule has 120 valence electrons. The van der Waals surface area contributed by atoms with Crippen LogP contribution in [0.2, 0.25) is 0 Å². The molecule has 1 rings (SSSR count). The van der Waals surface area contributed by atoms with Gasteiger partial charge in [-0.05, 0) is 45.9 Å². The highest BCUT2D eigenvalue weighted by molar-refractivity contribution is 5.94. The number of benzene rings is 1. The summed E-state index contributed by atoms with van der Waals surface area (Å²) in [5.74, 6) is -1.45. The second-order valence-electron chi connectivity index (χ2n) is 5.66. The third-order valence-electron chi connectivity index (χ3n) is 2.43. The Hall–Kier alpha value is -2.57. The van der Waals surface area contributed by atoms with Gasteiger partial charge in [-0.1, -0.05) is 6.07 Å². The summed E-state index contributed by atoms with van der Waals surface area (Å²) in [6.07, 6.45) is -1.67. The van der Waals surface area contributed by atoms with Crippen LogP contribution < -0.4 is 11.1 Å². The van der Waals surface area contributed by atoms with Crippen molar-refractivity contribution in [2.75, 3.05) is 5.32 Å². The minimum atomic E-state index is -1.03. The molecule has 0 spiro atoms. The molecule has 7 nitrogen and oxygen atoms in total. The van der Waals surface area contributed by atoms with Crippen LogP contribution in [0.1, 0.15) is 38.1 Å². The maximum Gasteiger partial charge on any atom is 0.412 e.